The van der Waals surface area contributed by atoms with Crippen LogP contribution in [0.15, 0.2) is 11.4 Å². The maximum absolute atomic E-state index is 5.38. The first-order chi connectivity index (χ1) is 5.84. The van der Waals surface area contributed by atoms with E-state index in [1.54, 1.807) is 0 Å². The minimum atomic E-state index is 0.774. The molecule has 0 amide bonds. The highest BCUT2D eigenvalue weighted by Crippen LogP contribution is 2.14. The van der Waals surface area contributed by atoms with Crippen molar-refractivity contribution in [2.75, 3.05) is 13.1 Å². The Hall–Kier alpha value is -0.380. The Morgan fingerprint density at radius 2 is 2.42 bits per heavy atom. The van der Waals surface area contributed by atoms with E-state index >= 15 is 0 Å². The number of hydrogen-bond acceptors (Lipinski definition) is 3. The van der Waals surface area contributed by atoms with Gasteiger partial charge in [0.15, 0.2) is 0 Å². The number of rotatable bonds is 5. The van der Waals surface area contributed by atoms with Crippen molar-refractivity contribution >= 4 is 11.3 Å². The Balaban J connectivity index is 2.20. The van der Waals surface area contributed by atoms with Gasteiger partial charge in [-0.15, -0.1) is 11.3 Å². The molecule has 1 aromatic rings. The Morgan fingerprint density at radius 3 is 3.00 bits per heavy atom. The van der Waals surface area contributed by atoms with Crippen LogP contribution in [-0.4, -0.2) is 13.1 Å². The first-order valence-electron chi connectivity index (χ1n) is 4.28. The fourth-order valence-corrected chi connectivity index (χ4v) is 1.89. The van der Waals surface area contributed by atoms with Crippen molar-refractivity contribution in [3.63, 3.8) is 0 Å². The van der Waals surface area contributed by atoms with Gasteiger partial charge >= 0.3 is 0 Å². The monoisotopic (exact) mass is 184 g/mol. The largest absolute Gasteiger partial charge is 0.330 e. The lowest BCUT2D eigenvalue weighted by Crippen LogP contribution is -2.17. The van der Waals surface area contributed by atoms with Crippen LogP contribution in [0, 0.1) is 6.92 Å². The highest BCUT2D eigenvalue weighted by molar-refractivity contribution is 7.10. The molecule has 0 bridgehead atoms. The average Bonchev–Trinajstić information content (AvgIpc) is 2.46. The highest BCUT2D eigenvalue weighted by Gasteiger charge is 1.97. The van der Waals surface area contributed by atoms with Crippen molar-refractivity contribution in [1.82, 2.24) is 5.32 Å². The average molecular weight is 184 g/mol. The lowest BCUT2D eigenvalue weighted by Gasteiger charge is -2.01. The van der Waals surface area contributed by atoms with Gasteiger partial charge in [0, 0.05) is 11.4 Å². The van der Waals surface area contributed by atoms with Gasteiger partial charge in [0.1, 0.15) is 0 Å². The second-order valence-electron chi connectivity index (χ2n) is 2.85. The van der Waals surface area contributed by atoms with Crippen LogP contribution in [0.2, 0.25) is 0 Å². The topological polar surface area (TPSA) is 38.0 Å². The van der Waals surface area contributed by atoms with E-state index in [4.69, 9.17) is 5.73 Å². The van der Waals surface area contributed by atoms with Gasteiger partial charge in [-0.2, -0.15) is 0 Å². The van der Waals surface area contributed by atoms with Crippen LogP contribution in [0.1, 0.15) is 16.9 Å². The SMILES string of the molecule is Cc1ccsc1CNCCCN. The van der Waals surface area contributed by atoms with Crippen LogP contribution >= 0.6 is 11.3 Å². The molecule has 1 aromatic heterocycles. The fourth-order valence-electron chi connectivity index (χ4n) is 1.01. The van der Waals surface area contributed by atoms with E-state index in [1.807, 2.05) is 11.3 Å². The summed E-state index contributed by atoms with van der Waals surface area (Å²) >= 11 is 1.81. The lowest BCUT2D eigenvalue weighted by atomic mass is 10.3. The molecule has 1 rings (SSSR count). The van der Waals surface area contributed by atoms with E-state index in [9.17, 15) is 0 Å². The Labute approximate surface area is 77.8 Å². The highest BCUT2D eigenvalue weighted by atomic mass is 32.1. The van der Waals surface area contributed by atoms with Crippen molar-refractivity contribution in [3.05, 3.63) is 21.9 Å². The first kappa shape index (κ1) is 9.71. The van der Waals surface area contributed by atoms with Gasteiger partial charge < -0.3 is 11.1 Å². The molecule has 0 spiro atoms. The number of hydrogen-bond donors (Lipinski definition) is 2. The summed E-state index contributed by atoms with van der Waals surface area (Å²) in [5.74, 6) is 0. The van der Waals surface area contributed by atoms with E-state index in [1.165, 1.54) is 10.4 Å². The van der Waals surface area contributed by atoms with Gasteiger partial charge in [0.2, 0.25) is 0 Å². The van der Waals surface area contributed by atoms with Gasteiger partial charge in [0.05, 0.1) is 0 Å². The molecular weight excluding hydrogens is 168 g/mol. The molecule has 0 saturated heterocycles. The molecule has 0 radical (unpaired) electrons. The van der Waals surface area contributed by atoms with Crippen LogP contribution in [0.4, 0.5) is 0 Å². The van der Waals surface area contributed by atoms with Crippen LogP contribution in [0.3, 0.4) is 0 Å². The van der Waals surface area contributed by atoms with E-state index in [2.05, 4.69) is 23.7 Å². The van der Waals surface area contributed by atoms with E-state index in [0.717, 1.165) is 26.1 Å². The van der Waals surface area contributed by atoms with Crippen LogP contribution in [0.25, 0.3) is 0 Å². The molecule has 0 unspecified atom stereocenters. The van der Waals surface area contributed by atoms with Crippen molar-refractivity contribution in [3.8, 4) is 0 Å². The second kappa shape index (κ2) is 5.30. The third kappa shape index (κ3) is 2.93. The predicted molar refractivity (Wildman–Crippen MR) is 54.4 cm³/mol. The van der Waals surface area contributed by atoms with Crippen molar-refractivity contribution in [2.45, 2.75) is 19.9 Å². The normalized spacial score (nSPS) is 10.5. The maximum Gasteiger partial charge on any atom is 0.0302 e. The Morgan fingerprint density at radius 1 is 1.58 bits per heavy atom. The molecule has 0 fully saturated rings. The molecule has 3 N–H and O–H groups in total. The molecular formula is C9H16N2S. The van der Waals surface area contributed by atoms with Crippen molar-refractivity contribution < 1.29 is 0 Å². The Bertz CT molecular complexity index is 220. The third-order valence-corrected chi connectivity index (χ3v) is 2.83. The molecule has 68 valence electrons. The fraction of sp³-hybridized carbons (Fsp3) is 0.556. The summed E-state index contributed by atoms with van der Waals surface area (Å²) in [6.07, 6.45) is 1.06. The van der Waals surface area contributed by atoms with Crippen LogP contribution < -0.4 is 11.1 Å². The summed E-state index contributed by atoms with van der Waals surface area (Å²) in [6, 6.07) is 2.16. The zero-order valence-electron chi connectivity index (χ0n) is 7.47. The van der Waals surface area contributed by atoms with Gasteiger partial charge in [-0.05, 0) is 43.4 Å². The van der Waals surface area contributed by atoms with E-state index in [0.29, 0.717) is 0 Å². The molecule has 0 aromatic carbocycles. The lowest BCUT2D eigenvalue weighted by molar-refractivity contribution is 0.659. The molecule has 0 saturated carbocycles. The van der Waals surface area contributed by atoms with Gasteiger partial charge in [0.25, 0.3) is 0 Å². The van der Waals surface area contributed by atoms with E-state index < -0.39 is 0 Å². The number of thiophene rings is 1. The summed E-state index contributed by atoms with van der Waals surface area (Å²) in [4.78, 5) is 1.44. The Kier molecular flexibility index (Phi) is 4.29. The summed E-state index contributed by atoms with van der Waals surface area (Å²) in [7, 11) is 0. The molecule has 0 aliphatic heterocycles. The summed E-state index contributed by atoms with van der Waals surface area (Å²) in [5, 5.41) is 5.49. The zero-order chi connectivity index (χ0) is 8.81. The number of nitrogens with two attached hydrogens (primary N) is 1. The minimum absolute atomic E-state index is 0.774. The van der Waals surface area contributed by atoms with Gasteiger partial charge in [-0.25, -0.2) is 0 Å². The number of nitrogens with one attached hydrogen (secondary N) is 1. The maximum atomic E-state index is 5.38. The van der Waals surface area contributed by atoms with Gasteiger partial charge in [-0.3, -0.25) is 0 Å². The molecule has 1 heterocycles. The first-order valence-corrected chi connectivity index (χ1v) is 5.16. The van der Waals surface area contributed by atoms with Crippen LogP contribution in [-0.2, 0) is 6.54 Å². The molecule has 3 heteroatoms. The summed E-state index contributed by atoms with van der Waals surface area (Å²) < 4.78 is 0. The molecule has 12 heavy (non-hydrogen) atoms. The third-order valence-electron chi connectivity index (χ3n) is 1.81. The quantitative estimate of drug-likeness (QED) is 0.680. The smallest absolute Gasteiger partial charge is 0.0302 e. The molecule has 0 atom stereocenters. The zero-order valence-corrected chi connectivity index (χ0v) is 8.29. The van der Waals surface area contributed by atoms with Crippen molar-refractivity contribution in [2.24, 2.45) is 5.73 Å². The number of aryl methyl sites for hydroxylation is 1. The minimum Gasteiger partial charge on any atom is -0.330 e. The molecule has 0 aliphatic carbocycles. The van der Waals surface area contributed by atoms with Crippen molar-refractivity contribution in [1.29, 1.82) is 0 Å². The van der Waals surface area contributed by atoms with Crippen LogP contribution in [0.5, 0.6) is 0 Å². The predicted octanol–water partition coefficient (Wildman–Crippen LogP) is 1.49. The van der Waals surface area contributed by atoms with E-state index in [-0.39, 0.29) is 0 Å². The second-order valence-corrected chi connectivity index (χ2v) is 3.85. The standard InChI is InChI=1S/C9H16N2S/c1-8-3-6-12-9(8)7-11-5-2-4-10/h3,6,11H,2,4-5,7,10H2,1H3. The molecule has 2 nitrogen and oxygen atoms in total. The van der Waals surface area contributed by atoms with Gasteiger partial charge in [-0.1, -0.05) is 0 Å². The summed E-state index contributed by atoms with van der Waals surface area (Å²) in [6.45, 7) is 4.93. The summed E-state index contributed by atoms with van der Waals surface area (Å²) in [5.41, 5.74) is 6.77. The molecule has 0 aliphatic rings.